The van der Waals surface area contributed by atoms with Crippen molar-refractivity contribution in [2.45, 2.75) is 20.5 Å². The summed E-state index contributed by atoms with van der Waals surface area (Å²) >= 11 is 10.4. The Morgan fingerprint density at radius 3 is 2.50 bits per heavy atom. The van der Waals surface area contributed by atoms with Crippen LogP contribution in [0.15, 0.2) is 48.2 Å². The summed E-state index contributed by atoms with van der Waals surface area (Å²) in [6, 6.07) is 7.44. The number of benzene rings is 1. The van der Waals surface area contributed by atoms with Crippen LogP contribution in [0.25, 0.3) is 6.08 Å². The maximum Gasteiger partial charge on any atom is 0.189 e. The Kier molecular flexibility index (Phi) is 6.62. The summed E-state index contributed by atoms with van der Waals surface area (Å²) in [5.41, 5.74) is 2.18. The lowest BCUT2D eigenvalue weighted by molar-refractivity contribution is 0.104. The van der Waals surface area contributed by atoms with Gasteiger partial charge in [-0.25, -0.2) is 0 Å². The summed E-state index contributed by atoms with van der Waals surface area (Å²) in [5.74, 6) is 1.83. The predicted molar refractivity (Wildman–Crippen MR) is 119 cm³/mol. The molecule has 8 heteroatoms. The molecule has 0 saturated heterocycles. The van der Waals surface area contributed by atoms with Gasteiger partial charge in [0, 0.05) is 17.2 Å². The lowest BCUT2D eigenvalue weighted by Gasteiger charge is -2.09. The number of aryl methyl sites for hydroxylation is 2. The molecule has 0 atom stereocenters. The zero-order valence-electron chi connectivity index (χ0n) is 15.4. The summed E-state index contributed by atoms with van der Waals surface area (Å²) in [7, 11) is 1.82. The van der Waals surface area contributed by atoms with Crippen LogP contribution in [0.4, 0.5) is 0 Å². The monoisotopic (exact) mass is 570 g/mol. The summed E-state index contributed by atoms with van der Waals surface area (Å²) in [4.78, 5) is 12.5. The minimum absolute atomic E-state index is 0.0972. The molecule has 0 bridgehead atoms. The van der Waals surface area contributed by atoms with Gasteiger partial charge in [-0.3, -0.25) is 9.48 Å². The molecule has 146 valence electrons. The van der Waals surface area contributed by atoms with E-state index >= 15 is 0 Å². The van der Waals surface area contributed by atoms with Gasteiger partial charge in [0.2, 0.25) is 0 Å². The van der Waals surface area contributed by atoms with Crippen molar-refractivity contribution in [3.05, 3.63) is 72.2 Å². The molecule has 0 aliphatic heterocycles. The van der Waals surface area contributed by atoms with Crippen molar-refractivity contribution in [2.24, 2.45) is 7.05 Å². The van der Waals surface area contributed by atoms with Gasteiger partial charge in [0.05, 0.1) is 20.2 Å². The van der Waals surface area contributed by atoms with Gasteiger partial charge in [0.1, 0.15) is 23.9 Å². The Hall–Kier alpha value is -1.64. The average Bonchev–Trinajstić information content (AvgIpc) is 3.16. The molecule has 0 amide bonds. The number of hydrogen-bond acceptors (Lipinski definition) is 4. The van der Waals surface area contributed by atoms with Crippen LogP contribution in [-0.4, -0.2) is 15.6 Å². The Morgan fingerprint density at radius 2 is 1.89 bits per heavy atom. The van der Waals surface area contributed by atoms with E-state index in [1.807, 2.05) is 39.1 Å². The number of ether oxygens (including phenoxy) is 1. The van der Waals surface area contributed by atoms with Crippen LogP contribution in [0.2, 0.25) is 0 Å². The fraction of sp³-hybridized carbons (Fsp3) is 0.200. The number of rotatable bonds is 6. The Balaban J connectivity index is 1.67. The molecule has 3 rings (SSSR count). The van der Waals surface area contributed by atoms with Crippen molar-refractivity contribution in [1.82, 2.24) is 9.78 Å². The molecule has 28 heavy (non-hydrogen) atoms. The zero-order valence-corrected chi connectivity index (χ0v) is 20.2. The second-order valence-electron chi connectivity index (χ2n) is 6.16. The van der Waals surface area contributed by atoms with E-state index in [9.17, 15) is 4.79 Å². The average molecular weight is 573 g/mol. The third kappa shape index (κ3) is 4.67. The van der Waals surface area contributed by atoms with E-state index in [0.717, 1.165) is 19.1 Å². The number of nitrogens with zero attached hydrogens (tertiary/aromatic N) is 2. The van der Waals surface area contributed by atoms with Crippen molar-refractivity contribution in [2.75, 3.05) is 0 Å². The van der Waals surface area contributed by atoms with Crippen LogP contribution in [0, 0.1) is 13.8 Å². The van der Waals surface area contributed by atoms with Crippen LogP contribution >= 0.6 is 47.8 Å². The molecule has 1 aromatic carbocycles. The highest BCUT2D eigenvalue weighted by Gasteiger charge is 2.15. The second-order valence-corrected chi connectivity index (χ2v) is 8.78. The highest BCUT2D eigenvalue weighted by atomic mass is 79.9. The van der Waals surface area contributed by atoms with Gasteiger partial charge in [-0.05, 0) is 82.1 Å². The Morgan fingerprint density at radius 1 is 1.21 bits per heavy atom. The normalized spacial score (nSPS) is 11.4. The van der Waals surface area contributed by atoms with Gasteiger partial charge in [-0.2, -0.15) is 5.10 Å². The quantitative estimate of drug-likeness (QED) is 0.254. The number of halogens is 3. The molecule has 0 spiro atoms. The first-order valence-electron chi connectivity index (χ1n) is 8.35. The van der Waals surface area contributed by atoms with Gasteiger partial charge in [-0.1, -0.05) is 15.9 Å². The highest BCUT2D eigenvalue weighted by Crippen LogP contribution is 2.36. The SMILES string of the molecule is Cc1nn(C)c(C)c1C(=O)/C=C/c1ccc(COc2c(Br)cc(Br)cc2Br)o1. The van der Waals surface area contributed by atoms with Crippen molar-refractivity contribution >= 4 is 59.6 Å². The molecule has 0 aliphatic rings. The van der Waals surface area contributed by atoms with Gasteiger partial charge < -0.3 is 9.15 Å². The van der Waals surface area contributed by atoms with E-state index in [1.54, 1.807) is 16.8 Å². The lowest BCUT2D eigenvalue weighted by Crippen LogP contribution is -1.99. The van der Waals surface area contributed by atoms with Gasteiger partial charge in [-0.15, -0.1) is 0 Å². The maximum absolute atomic E-state index is 12.5. The molecular formula is C20H17Br3N2O3. The second kappa shape index (κ2) is 8.80. The largest absolute Gasteiger partial charge is 0.483 e. The summed E-state index contributed by atoms with van der Waals surface area (Å²) in [6.45, 7) is 3.97. The molecule has 3 aromatic rings. The van der Waals surface area contributed by atoms with Gasteiger partial charge in [0.15, 0.2) is 5.78 Å². The number of allylic oxidation sites excluding steroid dienone is 1. The topological polar surface area (TPSA) is 57.3 Å². The summed E-state index contributed by atoms with van der Waals surface area (Å²) in [6.07, 6.45) is 3.16. The van der Waals surface area contributed by atoms with Crippen LogP contribution in [0.5, 0.6) is 5.75 Å². The zero-order chi connectivity index (χ0) is 20.4. The Bertz CT molecular complexity index is 1040. The van der Waals surface area contributed by atoms with Crippen molar-refractivity contribution < 1.29 is 13.9 Å². The first-order valence-corrected chi connectivity index (χ1v) is 10.7. The van der Waals surface area contributed by atoms with E-state index in [0.29, 0.717) is 28.5 Å². The first kappa shape index (κ1) is 21.1. The van der Waals surface area contributed by atoms with Crippen LogP contribution < -0.4 is 4.74 Å². The first-order chi connectivity index (χ1) is 13.3. The molecule has 0 fully saturated rings. The number of carbonyl (C=O) groups is 1. The van der Waals surface area contributed by atoms with E-state index in [-0.39, 0.29) is 12.4 Å². The molecule has 0 radical (unpaired) electrons. The van der Waals surface area contributed by atoms with E-state index in [1.165, 1.54) is 6.08 Å². The van der Waals surface area contributed by atoms with Crippen molar-refractivity contribution in [1.29, 1.82) is 0 Å². The molecule has 2 aromatic heterocycles. The summed E-state index contributed by atoms with van der Waals surface area (Å²) < 4.78 is 15.9. The number of aromatic nitrogens is 2. The van der Waals surface area contributed by atoms with Crippen LogP contribution in [0.1, 0.15) is 33.3 Å². The van der Waals surface area contributed by atoms with Crippen LogP contribution in [-0.2, 0) is 13.7 Å². The van der Waals surface area contributed by atoms with E-state index in [2.05, 4.69) is 52.9 Å². The fourth-order valence-electron chi connectivity index (χ4n) is 2.74. The minimum Gasteiger partial charge on any atom is -0.483 e. The number of ketones is 1. The number of furan rings is 1. The van der Waals surface area contributed by atoms with Gasteiger partial charge in [0.25, 0.3) is 0 Å². The van der Waals surface area contributed by atoms with Crippen LogP contribution in [0.3, 0.4) is 0 Å². The molecule has 0 saturated carbocycles. The highest BCUT2D eigenvalue weighted by molar-refractivity contribution is 9.11. The molecule has 5 nitrogen and oxygen atoms in total. The molecular weight excluding hydrogens is 556 g/mol. The van der Waals surface area contributed by atoms with Gasteiger partial charge >= 0.3 is 0 Å². The Labute approximate surface area is 188 Å². The third-order valence-corrected chi connectivity index (χ3v) is 5.79. The molecule has 0 aliphatic carbocycles. The van der Waals surface area contributed by atoms with E-state index in [4.69, 9.17) is 9.15 Å². The smallest absolute Gasteiger partial charge is 0.189 e. The van der Waals surface area contributed by atoms with Crippen molar-refractivity contribution in [3.8, 4) is 5.75 Å². The fourth-order valence-corrected chi connectivity index (χ4v) is 5.23. The van der Waals surface area contributed by atoms with Crippen molar-refractivity contribution in [3.63, 3.8) is 0 Å². The molecule has 2 heterocycles. The third-order valence-electron chi connectivity index (χ3n) is 4.16. The molecule has 0 unspecified atom stereocenters. The minimum atomic E-state index is -0.0972. The lowest BCUT2D eigenvalue weighted by atomic mass is 10.1. The molecule has 0 N–H and O–H groups in total. The number of hydrogen-bond donors (Lipinski definition) is 0. The predicted octanol–water partition coefficient (Wildman–Crippen LogP) is 6.39. The number of carbonyl (C=O) groups excluding carboxylic acids is 1. The standard InChI is InChI=1S/C20H17Br3N2O3/c1-11-19(12(2)25(3)24-11)18(26)7-6-14-4-5-15(28-14)10-27-20-16(22)8-13(21)9-17(20)23/h4-9H,10H2,1-3H3/b7-6+. The maximum atomic E-state index is 12.5. The van der Waals surface area contributed by atoms with E-state index < -0.39 is 0 Å². The summed E-state index contributed by atoms with van der Waals surface area (Å²) in [5, 5.41) is 4.27.